The third-order valence-corrected chi connectivity index (χ3v) is 6.53. The van der Waals surface area contributed by atoms with Crippen LogP contribution in [0.5, 0.6) is 11.5 Å². The first-order chi connectivity index (χ1) is 14.0. The fourth-order valence-corrected chi connectivity index (χ4v) is 4.96. The molecular formula is C20H22F2N3O3P. The lowest BCUT2D eigenvalue weighted by atomic mass is 10.1. The average molecular weight is 421 g/mol. The van der Waals surface area contributed by atoms with Crippen LogP contribution in [0.3, 0.4) is 0 Å². The Balaban J connectivity index is 1.57. The molecule has 0 aromatic heterocycles. The highest BCUT2D eigenvalue weighted by Gasteiger charge is 2.30. The Morgan fingerprint density at radius 2 is 2.03 bits per heavy atom. The molecule has 2 atom stereocenters. The molecule has 1 aromatic rings. The zero-order chi connectivity index (χ0) is 20.4. The normalized spacial score (nSPS) is 22.5. The second kappa shape index (κ2) is 8.51. The molecule has 1 amide bonds. The number of piperazine rings is 1. The number of allylic oxidation sites excluding steroid dienone is 1. The summed E-state index contributed by atoms with van der Waals surface area (Å²) in [5.41, 5.74) is 1.72. The number of carbonyl (C=O) groups is 1. The zero-order valence-electron chi connectivity index (χ0n) is 15.9. The molecule has 3 aliphatic heterocycles. The molecule has 1 fully saturated rings. The standard InChI is InChI=1S/C20H22F2N3O3P/c1-27-15-4-2-13(10-16(15)28-20(21)22)17-11-18(26)25-12-14(3-5-19(25)29-17)24-8-6-23-7-9-24/h2-5,10-12,19-20,23,29H,6-9H2,1H3. The molecule has 4 rings (SSSR count). The Morgan fingerprint density at radius 3 is 2.76 bits per heavy atom. The molecule has 9 heteroatoms. The van der Waals surface area contributed by atoms with Crippen molar-refractivity contribution in [3.05, 3.63) is 53.9 Å². The molecule has 0 bridgehead atoms. The Hall–Kier alpha value is -2.44. The predicted octanol–water partition coefficient (Wildman–Crippen LogP) is 2.80. The van der Waals surface area contributed by atoms with E-state index in [1.807, 2.05) is 12.3 Å². The monoisotopic (exact) mass is 421 g/mol. The summed E-state index contributed by atoms with van der Waals surface area (Å²) in [5.74, 6) is -0.00725. The number of benzene rings is 1. The van der Waals surface area contributed by atoms with Gasteiger partial charge >= 0.3 is 6.61 Å². The van der Waals surface area contributed by atoms with Crippen molar-refractivity contribution in [3.8, 4) is 11.5 Å². The Kier molecular flexibility index (Phi) is 5.83. The van der Waals surface area contributed by atoms with Crippen LogP contribution in [0.4, 0.5) is 8.78 Å². The average Bonchev–Trinajstić information content (AvgIpc) is 2.73. The van der Waals surface area contributed by atoms with Gasteiger partial charge in [-0.25, -0.2) is 0 Å². The third-order valence-electron chi connectivity index (χ3n) is 5.02. The van der Waals surface area contributed by atoms with E-state index in [0.29, 0.717) is 14.1 Å². The van der Waals surface area contributed by atoms with Crippen LogP contribution in [0.15, 0.2) is 48.3 Å². The maximum atomic E-state index is 12.8. The van der Waals surface area contributed by atoms with Crippen LogP contribution in [0, 0.1) is 0 Å². The summed E-state index contributed by atoms with van der Waals surface area (Å²) in [5, 5.41) is 4.13. The number of nitrogens with one attached hydrogen (secondary N) is 1. The molecule has 0 radical (unpaired) electrons. The molecule has 0 aliphatic carbocycles. The van der Waals surface area contributed by atoms with Gasteiger partial charge in [-0.05, 0) is 29.1 Å². The van der Waals surface area contributed by atoms with Gasteiger partial charge in [-0.15, -0.1) is 0 Å². The maximum Gasteiger partial charge on any atom is 0.387 e. The molecule has 1 N–H and O–H groups in total. The zero-order valence-corrected chi connectivity index (χ0v) is 16.9. The van der Waals surface area contributed by atoms with Gasteiger partial charge in [0.15, 0.2) is 11.5 Å². The minimum atomic E-state index is -2.95. The maximum absolute atomic E-state index is 12.8. The lowest BCUT2D eigenvalue weighted by Crippen LogP contribution is -2.44. The van der Waals surface area contributed by atoms with Crippen molar-refractivity contribution in [2.75, 3.05) is 33.3 Å². The van der Waals surface area contributed by atoms with Crippen molar-refractivity contribution in [2.24, 2.45) is 0 Å². The van der Waals surface area contributed by atoms with E-state index in [2.05, 4.69) is 21.0 Å². The molecule has 1 saturated heterocycles. The lowest BCUT2D eigenvalue weighted by molar-refractivity contribution is -0.123. The van der Waals surface area contributed by atoms with E-state index >= 15 is 0 Å². The Morgan fingerprint density at radius 1 is 1.24 bits per heavy atom. The molecule has 0 spiro atoms. The number of alkyl halides is 2. The molecule has 29 heavy (non-hydrogen) atoms. The van der Waals surface area contributed by atoms with Gasteiger partial charge in [0.25, 0.3) is 5.91 Å². The predicted molar refractivity (Wildman–Crippen MR) is 108 cm³/mol. The summed E-state index contributed by atoms with van der Waals surface area (Å²) in [6.45, 7) is 0.716. The van der Waals surface area contributed by atoms with Crippen molar-refractivity contribution in [1.82, 2.24) is 15.1 Å². The summed E-state index contributed by atoms with van der Waals surface area (Å²) >= 11 is 0. The third kappa shape index (κ3) is 4.28. The van der Waals surface area contributed by atoms with Crippen molar-refractivity contribution >= 4 is 19.8 Å². The van der Waals surface area contributed by atoms with Crippen molar-refractivity contribution in [2.45, 2.75) is 12.4 Å². The van der Waals surface area contributed by atoms with Crippen molar-refractivity contribution in [3.63, 3.8) is 0 Å². The van der Waals surface area contributed by atoms with E-state index < -0.39 is 6.61 Å². The fraction of sp³-hybridized carbons (Fsp3) is 0.350. The topological polar surface area (TPSA) is 54.0 Å². The number of rotatable bonds is 5. The lowest BCUT2D eigenvalue weighted by Gasteiger charge is -2.37. The second-order valence-corrected chi connectivity index (χ2v) is 8.21. The molecule has 154 valence electrons. The number of hydrogen-bond donors (Lipinski definition) is 1. The Bertz CT molecular complexity index is 882. The number of nitrogens with zero attached hydrogens (tertiary/aromatic N) is 2. The largest absolute Gasteiger partial charge is 0.493 e. The highest BCUT2D eigenvalue weighted by molar-refractivity contribution is 7.51. The first-order valence-electron chi connectivity index (χ1n) is 9.34. The molecule has 1 aromatic carbocycles. The number of ether oxygens (including phenoxy) is 2. The van der Waals surface area contributed by atoms with Crippen LogP contribution < -0.4 is 14.8 Å². The number of halogens is 2. The van der Waals surface area contributed by atoms with Crippen molar-refractivity contribution in [1.29, 1.82) is 0 Å². The SMILES string of the molecule is COc1ccc(C2=CC(=O)N3C=C(N4CCNCC4)C=CC3P2)cc1OC(F)F. The minimum Gasteiger partial charge on any atom is -0.493 e. The van der Waals surface area contributed by atoms with Gasteiger partial charge < -0.3 is 24.6 Å². The van der Waals surface area contributed by atoms with Gasteiger partial charge in [0.2, 0.25) is 0 Å². The second-order valence-electron chi connectivity index (χ2n) is 6.79. The molecule has 3 aliphatic rings. The molecule has 3 heterocycles. The Labute approximate surface area is 169 Å². The fourth-order valence-electron chi connectivity index (χ4n) is 3.57. The van der Waals surface area contributed by atoms with Gasteiger partial charge in [0.1, 0.15) is 0 Å². The van der Waals surface area contributed by atoms with E-state index in [0.717, 1.165) is 37.2 Å². The minimum absolute atomic E-state index is 0.0411. The highest BCUT2D eigenvalue weighted by atomic mass is 31.1. The van der Waals surface area contributed by atoms with E-state index in [1.54, 1.807) is 23.1 Å². The van der Waals surface area contributed by atoms with Crippen LogP contribution in [0.25, 0.3) is 5.31 Å². The molecule has 0 saturated carbocycles. The molecule has 2 unspecified atom stereocenters. The summed E-state index contributed by atoms with van der Waals surface area (Å²) < 4.78 is 35.1. The van der Waals surface area contributed by atoms with Gasteiger partial charge in [0.05, 0.1) is 18.6 Å². The van der Waals surface area contributed by atoms with Crippen LogP contribution in [-0.4, -0.2) is 61.4 Å². The van der Waals surface area contributed by atoms with Gasteiger partial charge in [-0.2, -0.15) is 8.78 Å². The summed E-state index contributed by atoms with van der Waals surface area (Å²) in [6, 6.07) is 4.84. The number of amides is 1. The van der Waals surface area contributed by atoms with Gasteiger partial charge in [-0.3, -0.25) is 4.79 Å². The smallest absolute Gasteiger partial charge is 0.387 e. The van der Waals surface area contributed by atoms with Crippen LogP contribution in [0.1, 0.15) is 5.56 Å². The van der Waals surface area contributed by atoms with E-state index in [-0.39, 0.29) is 23.2 Å². The summed E-state index contributed by atoms with van der Waals surface area (Å²) in [6.07, 6.45) is 7.60. The number of hydrogen-bond acceptors (Lipinski definition) is 5. The van der Waals surface area contributed by atoms with Crippen LogP contribution in [0.2, 0.25) is 0 Å². The van der Waals surface area contributed by atoms with Crippen molar-refractivity contribution < 1.29 is 23.0 Å². The van der Waals surface area contributed by atoms with Gasteiger partial charge in [0, 0.05) is 38.5 Å². The first kappa shape index (κ1) is 19.9. The number of methoxy groups -OCH3 is 1. The number of fused-ring (bicyclic) bond motifs is 1. The first-order valence-corrected chi connectivity index (χ1v) is 10.4. The van der Waals surface area contributed by atoms with Crippen LogP contribution in [-0.2, 0) is 4.79 Å². The van der Waals surface area contributed by atoms with Crippen LogP contribution >= 0.6 is 8.58 Å². The quantitative estimate of drug-likeness (QED) is 0.742. The van der Waals surface area contributed by atoms with E-state index in [4.69, 9.17) is 4.74 Å². The summed E-state index contributed by atoms with van der Waals surface area (Å²) in [7, 11) is 1.69. The van der Waals surface area contributed by atoms with E-state index in [1.165, 1.54) is 13.2 Å². The summed E-state index contributed by atoms with van der Waals surface area (Å²) in [4.78, 5) is 16.8. The van der Waals surface area contributed by atoms with Gasteiger partial charge in [-0.1, -0.05) is 20.7 Å². The molecule has 6 nitrogen and oxygen atoms in total. The van der Waals surface area contributed by atoms with E-state index in [9.17, 15) is 13.6 Å². The molecular weight excluding hydrogens is 399 g/mol. The number of carbonyl (C=O) groups excluding carboxylic acids is 1. The highest BCUT2D eigenvalue weighted by Crippen LogP contribution is 2.46.